The van der Waals surface area contributed by atoms with Crippen LogP contribution in [0.15, 0.2) is 47.2 Å². The molecule has 0 atom stereocenters. The second-order valence-corrected chi connectivity index (χ2v) is 7.01. The van der Waals surface area contributed by atoms with Gasteiger partial charge in [-0.15, -0.1) is 0 Å². The Morgan fingerprint density at radius 3 is 2.65 bits per heavy atom. The molecule has 1 aromatic carbocycles. The molecule has 0 amide bonds. The topological polar surface area (TPSA) is 50.4 Å². The van der Waals surface area contributed by atoms with E-state index in [1.54, 1.807) is 0 Å². The second-order valence-electron chi connectivity index (χ2n) is 7.01. The van der Waals surface area contributed by atoms with Crippen LogP contribution in [0.5, 0.6) is 0 Å². The first-order valence-corrected chi connectivity index (χ1v) is 9.98. The van der Waals surface area contributed by atoms with E-state index < -0.39 is 0 Å². The van der Waals surface area contributed by atoms with E-state index in [1.165, 1.54) is 29.5 Å². The van der Waals surface area contributed by atoms with Crippen molar-refractivity contribution in [2.24, 2.45) is 10.7 Å². The summed E-state index contributed by atoms with van der Waals surface area (Å²) in [6.07, 6.45) is 9.69. The van der Waals surface area contributed by atoms with Crippen LogP contribution in [0.3, 0.4) is 0 Å². The molecule has 0 saturated heterocycles. The summed E-state index contributed by atoms with van der Waals surface area (Å²) in [4.78, 5) is 4.28. The van der Waals surface area contributed by atoms with Crippen molar-refractivity contribution in [1.82, 2.24) is 5.32 Å². The number of nitrogens with zero attached hydrogens (tertiary/aromatic N) is 1. The van der Waals surface area contributed by atoms with Gasteiger partial charge in [-0.3, -0.25) is 0 Å². The van der Waals surface area contributed by atoms with E-state index in [0.717, 1.165) is 49.9 Å². The molecule has 0 saturated carbocycles. The SMILES string of the molecule is C=C(NCCCC)/C(=C\N=C(/C)N)CCCCc1cc(CC)ccc1C. The maximum Gasteiger partial charge on any atom is 0.0957 e. The molecular formula is C23H37N3. The third-order valence-corrected chi connectivity index (χ3v) is 4.64. The summed E-state index contributed by atoms with van der Waals surface area (Å²) in [5.41, 5.74) is 12.1. The quantitative estimate of drug-likeness (QED) is 0.227. The standard InChI is InChI=1S/C23H37N3/c1-6-8-15-25-19(4)23(17-26-20(5)24)12-10-9-11-22-16-21(7-2)14-13-18(22)3/h13-14,16-17,25H,4,6-12,15H2,1-3,5H3,(H2,24,26)/b23-17-. The van der Waals surface area contributed by atoms with Crippen molar-refractivity contribution in [2.75, 3.05) is 6.54 Å². The van der Waals surface area contributed by atoms with E-state index >= 15 is 0 Å². The second kappa shape index (κ2) is 12.3. The first-order chi connectivity index (χ1) is 12.5. The van der Waals surface area contributed by atoms with Gasteiger partial charge in [0.05, 0.1) is 5.84 Å². The van der Waals surface area contributed by atoms with Crippen LogP contribution < -0.4 is 11.1 Å². The number of amidine groups is 1. The molecule has 144 valence electrons. The fraction of sp³-hybridized carbons (Fsp3) is 0.522. The summed E-state index contributed by atoms with van der Waals surface area (Å²) in [5, 5.41) is 3.42. The molecule has 26 heavy (non-hydrogen) atoms. The van der Waals surface area contributed by atoms with E-state index in [9.17, 15) is 0 Å². The van der Waals surface area contributed by atoms with Crippen LogP contribution in [0.2, 0.25) is 0 Å². The molecule has 0 spiro atoms. The molecule has 3 N–H and O–H groups in total. The number of unbranched alkanes of at least 4 members (excludes halogenated alkanes) is 2. The van der Waals surface area contributed by atoms with Crippen molar-refractivity contribution in [2.45, 2.75) is 72.6 Å². The molecule has 1 aromatic rings. The van der Waals surface area contributed by atoms with Gasteiger partial charge < -0.3 is 11.1 Å². The number of hydrogen-bond donors (Lipinski definition) is 2. The Kier molecular flexibility index (Phi) is 10.5. The van der Waals surface area contributed by atoms with Crippen molar-refractivity contribution in [3.63, 3.8) is 0 Å². The van der Waals surface area contributed by atoms with Crippen molar-refractivity contribution < 1.29 is 0 Å². The molecule has 0 aliphatic heterocycles. The molecule has 3 heteroatoms. The highest BCUT2D eigenvalue weighted by atomic mass is 14.9. The van der Waals surface area contributed by atoms with Crippen molar-refractivity contribution in [3.05, 3.63) is 58.9 Å². The van der Waals surface area contributed by atoms with Gasteiger partial charge in [-0.2, -0.15) is 0 Å². The Labute approximate surface area is 160 Å². The van der Waals surface area contributed by atoms with Gasteiger partial charge >= 0.3 is 0 Å². The highest BCUT2D eigenvalue weighted by Crippen LogP contribution is 2.18. The first-order valence-electron chi connectivity index (χ1n) is 9.98. The Morgan fingerprint density at radius 2 is 2.00 bits per heavy atom. The average molecular weight is 356 g/mol. The molecule has 3 nitrogen and oxygen atoms in total. The lowest BCUT2D eigenvalue weighted by atomic mass is 9.97. The minimum Gasteiger partial charge on any atom is -0.387 e. The molecular weight excluding hydrogens is 318 g/mol. The van der Waals surface area contributed by atoms with E-state index in [-0.39, 0.29) is 0 Å². The van der Waals surface area contributed by atoms with Crippen LogP contribution in [0.4, 0.5) is 0 Å². The van der Waals surface area contributed by atoms with Crippen LogP contribution >= 0.6 is 0 Å². The smallest absolute Gasteiger partial charge is 0.0957 e. The fourth-order valence-corrected chi connectivity index (χ4v) is 2.85. The van der Waals surface area contributed by atoms with Crippen LogP contribution in [-0.2, 0) is 12.8 Å². The number of hydrogen-bond acceptors (Lipinski definition) is 2. The van der Waals surface area contributed by atoms with Gasteiger partial charge in [-0.05, 0) is 74.6 Å². The Morgan fingerprint density at radius 1 is 1.23 bits per heavy atom. The van der Waals surface area contributed by atoms with E-state index in [1.807, 2.05) is 13.1 Å². The van der Waals surface area contributed by atoms with Gasteiger partial charge in [-0.25, -0.2) is 4.99 Å². The lowest BCUT2D eigenvalue weighted by Crippen LogP contribution is -2.15. The third-order valence-electron chi connectivity index (χ3n) is 4.64. The molecule has 0 heterocycles. The predicted octanol–water partition coefficient (Wildman–Crippen LogP) is 5.43. The van der Waals surface area contributed by atoms with Gasteiger partial charge in [0.25, 0.3) is 0 Å². The van der Waals surface area contributed by atoms with E-state index in [2.05, 4.69) is 55.9 Å². The molecule has 0 unspecified atom stereocenters. The largest absolute Gasteiger partial charge is 0.387 e. The zero-order valence-electron chi connectivity index (χ0n) is 17.2. The van der Waals surface area contributed by atoms with Crippen LogP contribution in [0, 0.1) is 6.92 Å². The van der Waals surface area contributed by atoms with Gasteiger partial charge in [0.1, 0.15) is 0 Å². The van der Waals surface area contributed by atoms with Crippen molar-refractivity contribution in [3.8, 4) is 0 Å². The third kappa shape index (κ3) is 8.37. The number of nitrogens with two attached hydrogens (primary N) is 1. The molecule has 0 fully saturated rings. The minimum atomic E-state index is 0.580. The Bertz CT molecular complexity index is 622. The molecule has 1 rings (SSSR count). The number of aliphatic imine (C=N–C) groups is 1. The highest BCUT2D eigenvalue weighted by molar-refractivity contribution is 5.78. The number of rotatable bonds is 12. The lowest BCUT2D eigenvalue weighted by molar-refractivity contribution is 0.689. The molecule has 0 aliphatic carbocycles. The summed E-state index contributed by atoms with van der Waals surface area (Å²) in [5.74, 6) is 0.580. The van der Waals surface area contributed by atoms with Crippen LogP contribution in [0.25, 0.3) is 0 Å². The fourth-order valence-electron chi connectivity index (χ4n) is 2.85. The zero-order valence-corrected chi connectivity index (χ0v) is 17.2. The molecule has 0 aliphatic rings. The highest BCUT2D eigenvalue weighted by Gasteiger charge is 2.05. The lowest BCUT2D eigenvalue weighted by Gasteiger charge is -2.13. The maximum absolute atomic E-state index is 5.69. The first kappa shape index (κ1) is 22.0. The van der Waals surface area contributed by atoms with Gasteiger partial charge in [0, 0.05) is 18.4 Å². The molecule has 0 radical (unpaired) electrons. The summed E-state index contributed by atoms with van der Waals surface area (Å²) in [6, 6.07) is 6.84. The number of benzene rings is 1. The Hall–Kier alpha value is -2.03. The maximum atomic E-state index is 5.69. The summed E-state index contributed by atoms with van der Waals surface area (Å²) < 4.78 is 0. The summed E-state index contributed by atoms with van der Waals surface area (Å²) in [6.45, 7) is 13.6. The van der Waals surface area contributed by atoms with Gasteiger partial charge in [0.15, 0.2) is 0 Å². The number of allylic oxidation sites excluding steroid dienone is 1. The van der Waals surface area contributed by atoms with Gasteiger partial charge in [-0.1, -0.05) is 45.0 Å². The minimum absolute atomic E-state index is 0.580. The normalized spacial score (nSPS) is 12.3. The average Bonchev–Trinajstić information content (AvgIpc) is 2.62. The number of aryl methyl sites for hydroxylation is 3. The zero-order chi connectivity index (χ0) is 19.4. The predicted molar refractivity (Wildman–Crippen MR) is 116 cm³/mol. The van der Waals surface area contributed by atoms with Crippen molar-refractivity contribution in [1.29, 1.82) is 0 Å². The summed E-state index contributed by atoms with van der Waals surface area (Å²) in [7, 11) is 0. The molecule has 0 bridgehead atoms. The Balaban J connectivity index is 2.59. The monoisotopic (exact) mass is 355 g/mol. The summed E-state index contributed by atoms with van der Waals surface area (Å²) >= 11 is 0. The molecule has 0 aromatic heterocycles. The van der Waals surface area contributed by atoms with E-state index in [0.29, 0.717) is 5.84 Å². The van der Waals surface area contributed by atoms with Gasteiger partial charge in [0.2, 0.25) is 0 Å². The van der Waals surface area contributed by atoms with E-state index in [4.69, 9.17) is 5.73 Å². The number of nitrogens with one attached hydrogen (secondary N) is 1. The van der Waals surface area contributed by atoms with Crippen LogP contribution in [0.1, 0.15) is 69.6 Å². The van der Waals surface area contributed by atoms with Crippen molar-refractivity contribution >= 4 is 5.84 Å². The van der Waals surface area contributed by atoms with Crippen LogP contribution in [-0.4, -0.2) is 12.4 Å².